The molecule has 646 valence electrons. The van der Waals surface area contributed by atoms with Crippen LogP contribution in [-0.2, 0) is 55.3 Å². The molecule has 3 aromatic rings. The molecule has 2 heterocycles. The molecule has 0 spiro atoms. The minimum absolute atomic E-state index is 0.0438. The van der Waals surface area contributed by atoms with Crippen molar-refractivity contribution in [3.63, 3.8) is 0 Å². The summed E-state index contributed by atoms with van der Waals surface area (Å²) in [5, 5.41) is 14.1. The molecule has 3 rings (SSSR count). The van der Waals surface area contributed by atoms with E-state index >= 15 is 0 Å². The molecule has 22 heteroatoms. The fourth-order valence-electron chi connectivity index (χ4n) is 14.5. The van der Waals surface area contributed by atoms with E-state index in [4.69, 9.17) is 34.0 Å². The van der Waals surface area contributed by atoms with Gasteiger partial charge in [0, 0.05) is 64.0 Å². The van der Waals surface area contributed by atoms with Crippen LogP contribution in [0.15, 0.2) is 24.3 Å². The summed E-state index contributed by atoms with van der Waals surface area (Å²) in [5.74, 6) is 5.80. The lowest BCUT2D eigenvalue weighted by molar-refractivity contribution is -0.155. The van der Waals surface area contributed by atoms with Gasteiger partial charge in [-0.15, -0.1) is 0 Å². The van der Waals surface area contributed by atoms with E-state index in [9.17, 15) is 28.5 Å². The van der Waals surface area contributed by atoms with E-state index in [-0.39, 0.29) is 49.8 Å². The maximum absolute atomic E-state index is 15.0. The number of nitrogens with two attached hydrogens (primary N) is 1. The fraction of sp³-hybridized carbons (Fsp3) is 0.833. The number of hydrogen-bond donors (Lipinski definition) is 5. The largest absolute Gasteiger partial charge is 0.460 e. The van der Waals surface area contributed by atoms with Crippen molar-refractivity contribution < 1.29 is 51.8 Å². The molecule has 112 heavy (non-hydrogen) atoms. The number of nitrogens with zero attached hydrogens (tertiary/aromatic N) is 5. The third-order valence-electron chi connectivity index (χ3n) is 21.2. The first-order valence-electron chi connectivity index (χ1n) is 44.4. The zero-order valence-electron chi connectivity index (χ0n) is 74.7. The summed E-state index contributed by atoms with van der Waals surface area (Å²) in [6.07, 6.45) is 27.8. The number of amides is 4. The normalized spacial score (nSPS) is 14.7. The van der Waals surface area contributed by atoms with Gasteiger partial charge in [0.25, 0.3) is 0 Å². The number of pyridine rings is 1. The Bertz CT molecular complexity index is 3090. The number of unbranched alkanes of at least 4 members (excludes halogenated alkanes) is 2. The highest BCUT2D eigenvalue weighted by atomic mass is 31.2. The number of anilines is 1. The number of ether oxygens (including phenoxy) is 3. The number of fused-ring (bicyclic) bond motifs is 3. The van der Waals surface area contributed by atoms with Crippen molar-refractivity contribution in [1.82, 2.24) is 45.6 Å². The molecule has 6 N–H and O–H groups in total. The number of aromatic nitrogens is 3. The van der Waals surface area contributed by atoms with Gasteiger partial charge in [0.05, 0.1) is 43.0 Å². The molecule has 0 bridgehead atoms. The van der Waals surface area contributed by atoms with E-state index in [1.165, 1.54) is 103 Å². The van der Waals surface area contributed by atoms with Crippen LogP contribution in [0.2, 0.25) is 0 Å². The Labute approximate surface area is 681 Å². The predicted octanol–water partition coefficient (Wildman–Crippen LogP) is 21.3. The molecule has 0 aliphatic heterocycles. The summed E-state index contributed by atoms with van der Waals surface area (Å²) in [4.78, 5) is 80.8. The average molecular weight is 1590 g/mol. The highest BCUT2D eigenvalue weighted by Crippen LogP contribution is 2.49. The second-order valence-corrected chi connectivity index (χ2v) is 39.4. The number of para-hydroxylation sites is 1. The zero-order valence-corrected chi connectivity index (χ0v) is 75.6. The Balaban J connectivity index is 1.76. The van der Waals surface area contributed by atoms with E-state index in [1.807, 2.05) is 86.6 Å². The summed E-state index contributed by atoms with van der Waals surface area (Å²) < 4.78 is 47.1. The fourth-order valence-corrected chi connectivity index (χ4v) is 16.1. The van der Waals surface area contributed by atoms with Crippen LogP contribution in [-0.4, -0.2) is 149 Å². The standard InChI is InChI=1S/C90H165N10O11P/c1-21-92-67-79-97-82-83(76-49-22-23-50-77(76)96-84(82)91)100(79)63-35-57-95-85(103)78(52-53-80(101)94-56-34-62-99(87(105)111-90(18,19)20)61-27-26-60-98(86(104)110-89(15,16)17)59-25-24-51-81(102)109-88(12,13)14)93-58-36-66-112(106,107-64-54-74(10)47-32-45-72(8)43-30-41-70(6)39-28-37-68(2)3)108-65-55-75(11)48-33-46-73(9)44-31-42-71(7)40-29-38-69(4)5/h22-23,49-50,68-75,78,92-93H,21,24-48,51-67H2,1-20H3,(H2,91,96)(H,94,101)(H,95,103)/t70?,71?,72?,73?,74?,75?,78-,112?/m0/s1. The second kappa shape index (κ2) is 54.8. The molecule has 1 aromatic carbocycles. The minimum Gasteiger partial charge on any atom is -0.460 e. The van der Waals surface area contributed by atoms with Crippen molar-refractivity contribution in [3.8, 4) is 0 Å². The third kappa shape index (κ3) is 46.6. The maximum Gasteiger partial charge on any atom is 0.410 e. The summed E-state index contributed by atoms with van der Waals surface area (Å²) in [7, 11) is -3.56. The molecule has 0 radical (unpaired) electrons. The SMILES string of the molecule is CCNCc1nc2c(N)nc3ccccc3c2n1CCCNC(=O)[C@H](CCC(=O)NCCCN(CCCCN(CCCCC(=O)OC(C)(C)C)C(=O)OC(C)(C)C)C(=O)OC(C)(C)C)NCCCP(=O)(OCCC(C)CCCC(C)CCCC(C)CCCC(C)C)OCCC(C)CCCC(C)CCCC(C)CCCC(C)C. The molecule has 2 aromatic heterocycles. The van der Waals surface area contributed by atoms with Crippen molar-refractivity contribution in [2.24, 2.45) is 47.3 Å². The Kier molecular flexibility index (Phi) is 49.4. The third-order valence-corrected chi connectivity index (χ3v) is 23.2. The molecule has 21 nitrogen and oxygen atoms in total. The molecule has 0 saturated heterocycles. The number of rotatable bonds is 62. The van der Waals surface area contributed by atoms with Gasteiger partial charge in [-0.05, 0) is 193 Å². The first-order valence-corrected chi connectivity index (χ1v) is 46.2. The summed E-state index contributed by atoms with van der Waals surface area (Å²) in [6, 6.07) is 7.15. The molecule has 0 saturated carbocycles. The van der Waals surface area contributed by atoms with E-state index < -0.39 is 42.6 Å². The van der Waals surface area contributed by atoms with Crippen LogP contribution in [0.25, 0.3) is 21.9 Å². The average Bonchev–Trinajstić information content (AvgIpc) is 1.59. The molecule has 0 aliphatic rings. The van der Waals surface area contributed by atoms with Crippen LogP contribution >= 0.6 is 7.60 Å². The van der Waals surface area contributed by atoms with Crippen LogP contribution in [0.1, 0.15) is 337 Å². The summed E-state index contributed by atoms with van der Waals surface area (Å²) >= 11 is 0. The molecule has 0 fully saturated rings. The number of carbonyl (C=O) groups excluding carboxylic acids is 5. The van der Waals surface area contributed by atoms with Gasteiger partial charge in [-0.1, -0.05) is 210 Å². The van der Waals surface area contributed by atoms with E-state index in [1.54, 1.807) is 9.80 Å². The smallest absolute Gasteiger partial charge is 0.410 e. The number of aryl methyl sites for hydroxylation is 1. The minimum atomic E-state index is -3.56. The van der Waals surface area contributed by atoms with E-state index in [2.05, 4.69) is 107 Å². The number of hydrogen-bond acceptors (Lipinski definition) is 16. The van der Waals surface area contributed by atoms with Crippen LogP contribution in [0.5, 0.6) is 0 Å². The van der Waals surface area contributed by atoms with Gasteiger partial charge < -0.3 is 64.6 Å². The van der Waals surface area contributed by atoms with Crippen LogP contribution in [0.3, 0.4) is 0 Å². The lowest BCUT2D eigenvalue weighted by atomic mass is 9.91. The molecule has 7 atom stereocenters. The number of imidazole rings is 1. The second-order valence-electron chi connectivity index (χ2n) is 37.2. The van der Waals surface area contributed by atoms with Crippen molar-refractivity contribution in [2.75, 3.05) is 77.5 Å². The maximum atomic E-state index is 15.0. The van der Waals surface area contributed by atoms with Crippen LogP contribution in [0, 0.1) is 47.3 Å². The van der Waals surface area contributed by atoms with Crippen molar-refractivity contribution in [3.05, 3.63) is 30.1 Å². The van der Waals surface area contributed by atoms with Crippen molar-refractivity contribution in [1.29, 1.82) is 0 Å². The number of nitrogen functional groups attached to an aromatic ring is 1. The lowest BCUT2D eigenvalue weighted by Gasteiger charge is -2.29. The number of nitrogens with one attached hydrogen (secondary N) is 4. The number of esters is 1. The highest BCUT2D eigenvalue weighted by Gasteiger charge is 2.29. The van der Waals surface area contributed by atoms with Crippen molar-refractivity contribution >= 4 is 65.3 Å². The number of carbonyl (C=O) groups is 5. The van der Waals surface area contributed by atoms with Crippen LogP contribution < -0.4 is 27.0 Å². The van der Waals surface area contributed by atoms with Crippen LogP contribution in [0.4, 0.5) is 15.4 Å². The Morgan fingerprint density at radius 3 is 1.40 bits per heavy atom. The van der Waals surface area contributed by atoms with Gasteiger partial charge in [0.1, 0.15) is 28.1 Å². The molecule has 6 unspecified atom stereocenters. The Morgan fingerprint density at radius 1 is 0.500 bits per heavy atom. The summed E-state index contributed by atoms with van der Waals surface area (Å²) in [6.45, 7) is 46.9. The Hall–Kier alpha value is -5.08. The lowest BCUT2D eigenvalue weighted by Crippen LogP contribution is -2.45. The predicted molar refractivity (Wildman–Crippen MR) is 464 cm³/mol. The van der Waals surface area contributed by atoms with Gasteiger partial charge in [-0.3, -0.25) is 18.9 Å². The zero-order chi connectivity index (χ0) is 83.3. The molecular weight excluding hydrogens is 1430 g/mol. The van der Waals surface area contributed by atoms with Gasteiger partial charge in [0.15, 0.2) is 5.82 Å². The van der Waals surface area contributed by atoms with Gasteiger partial charge in [-0.2, -0.15) is 0 Å². The topological polar surface area (TPSA) is 260 Å². The van der Waals surface area contributed by atoms with Crippen molar-refractivity contribution in [2.45, 2.75) is 367 Å². The van der Waals surface area contributed by atoms with Gasteiger partial charge in [0.2, 0.25) is 11.8 Å². The van der Waals surface area contributed by atoms with Gasteiger partial charge >= 0.3 is 25.8 Å². The quantitative estimate of drug-likeness (QED) is 0.0152. The Morgan fingerprint density at radius 2 is 0.938 bits per heavy atom. The molecule has 0 aliphatic carbocycles. The monoisotopic (exact) mass is 1590 g/mol. The number of benzene rings is 1. The van der Waals surface area contributed by atoms with E-state index in [0.717, 1.165) is 78.1 Å². The first kappa shape index (κ1) is 101. The van der Waals surface area contributed by atoms with Gasteiger partial charge in [-0.25, -0.2) is 19.6 Å². The molecular formula is C90H165N10O11P. The summed E-state index contributed by atoms with van der Waals surface area (Å²) in [5.41, 5.74) is 6.83. The molecule has 4 amide bonds. The van der Waals surface area contributed by atoms with E-state index in [0.29, 0.717) is 146 Å². The first-order chi connectivity index (χ1) is 52.9. The highest BCUT2D eigenvalue weighted by molar-refractivity contribution is 7.53.